The number of nitrogens with zero attached hydrogens (tertiary/aromatic N) is 3. The molecule has 5 aliphatic rings. The first-order chi connectivity index (χ1) is 20.0. The molecule has 4 heterocycles. The van der Waals surface area contributed by atoms with Gasteiger partial charge in [0.25, 0.3) is 5.91 Å². The molecule has 7 rings (SSSR count). The molecule has 226 valence electrons. The summed E-state index contributed by atoms with van der Waals surface area (Å²) in [5, 5.41) is 15.2. The molecule has 0 radical (unpaired) electrons. The summed E-state index contributed by atoms with van der Waals surface area (Å²) in [4.78, 5) is 49.5. The summed E-state index contributed by atoms with van der Waals surface area (Å²) in [5.74, 6) is -1.60. The molecule has 2 bridgehead atoms. The van der Waals surface area contributed by atoms with E-state index in [9.17, 15) is 19.5 Å². The van der Waals surface area contributed by atoms with Crippen LogP contribution < -0.4 is 25.7 Å². The van der Waals surface area contributed by atoms with Crippen LogP contribution >= 0.6 is 0 Å². The molecule has 0 fully saturated rings. The van der Waals surface area contributed by atoms with Gasteiger partial charge in [-0.2, -0.15) is 0 Å². The topological polar surface area (TPSA) is 102 Å². The number of hydrogen-bond acceptors (Lipinski definition) is 6. The predicted molar refractivity (Wildman–Crippen MR) is 170 cm³/mol. The van der Waals surface area contributed by atoms with Gasteiger partial charge in [0.2, 0.25) is 11.7 Å². The molecule has 2 unspecified atom stereocenters. The van der Waals surface area contributed by atoms with Crippen molar-refractivity contribution in [2.24, 2.45) is 4.99 Å². The maximum atomic E-state index is 14.1. The summed E-state index contributed by atoms with van der Waals surface area (Å²) in [6.07, 6.45) is -0.438. The second kappa shape index (κ2) is 9.28. The van der Waals surface area contributed by atoms with Crippen LogP contribution in [0.15, 0.2) is 35.0 Å². The molecule has 1 aliphatic carbocycles. The molecule has 0 saturated heterocycles. The average molecular weight is 583 g/mol. The third kappa shape index (κ3) is 3.94. The second-order valence-corrected chi connectivity index (χ2v) is 14.3. The standard InChI is InChI=1S/C35H42N4O4/c1-16(2)38-18(5)34(7,8)22-11-20-24(13-26(22)38)36-28(40)15-29(41)37-25-14-27-23(35(9,10)19(6)39(27)17(3)4)12-21(25)31-32(42)30(20)33(31)43/h11-14,16-19,42H,15H2,1-10H3,(H,36,40). The number of anilines is 3. The highest BCUT2D eigenvalue weighted by Crippen LogP contribution is 2.51. The number of allylic oxidation sites excluding steroid dienone is 2. The van der Waals surface area contributed by atoms with Crippen molar-refractivity contribution in [2.45, 2.75) is 111 Å². The van der Waals surface area contributed by atoms with Crippen LogP contribution in [0.25, 0.3) is 11.1 Å². The van der Waals surface area contributed by atoms with Gasteiger partial charge in [-0.15, -0.1) is 0 Å². The molecule has 2 N–H and O–H groups in total. The van der Waals surface area contributed by atoms with Crippen LogP contribution in [0.4, 0.5) is 17.1 Å². The third-order valence-corrected chi connectivity index (χ3v) is 10.5. The van der Waals surface area contributed by atoms with Crippen LogP contribution in [0.2, 0.25) is 0 Å². The van der Waals surface area contributed by atoms with Crippen molar-refractivity contribution in [1.29, 1.82) is 0 Å². The summed E-state index contributed by atoms with van der Waals surface area (Å²) in [6.45, 7) is 21.5. The summed E-state index contributed by atoms with van der Waals surface area (Å²) >= 11 is 0. The van der Waals surface area contributed by atoms with E-state index in [1.54, 1.807) is 0 Å². The van der Waals surface area contributed by atoms with Crippen molar-refractivity contribution >= 4 is 45.8 Å². The lowest BCUT2D eigenvalue weighted by molar-refractivity contribution is -0.124. The van der Waals surface area contributed by atoms with Gasteiger partial charge in [-0.05, 0) is 76.9 Å². The fraction of sp³-hybridized carbons (Fsp3) is 0.486. The first-order valence-electron chi connectivity index (χ1n) is 15.3. The van der Waals surface area contributed by atoms with Gasteiger partial charge < -0.3 is 20.2 Å². The minimum atomic E-state index is -0.613. The zero-order valence-electron chi connectivity index (χ0n) is 26.8. The van der Waals surface area contributed by atoms with E-state index in [0.717, 1.165) is 22.5 Å². The first kappa shape index (κ1) is 29.1. The van der Waals surface area contributed by atoms with Crippen LogP contribution in [0.3, 0.4) is 0 Å². The number of amides is 2. The zero-order chi connectivity index (χ0) is 31.5. The molecule has 2 atom stereocenters. The molecule has 2 aromatic rings. The number of nitrogens with one attached hydrogen (secondary N) is 1. The summed E-state index contributed by atoms with van der Waals surface area (Å²) < 4.78 is 0. The molecule has 8 nitrogen and oxygen atoms in total. The van der Waals surface area contributed by atoms with Crippen molar-refractivity contribution < 1.29 is 19.5 Å². The second-order valence-electron chi connectivity index (χ2n) is 14.3. The summed E-state index contributed by atoms with van der Waals surface area (Å²) in [7, 11) is 0. The Labute approximate surface area is 253 Å². The van der Waals surface area contributed by atoms with Gasteiger partial charge in [0.05, 0.1) is 22.2 Å². The number of aliphatic hydroxyl groups excluding tert-OH is 1. The Hall–Kier alpha value is -3.94. The van der Waals surface area contributed by atoms with Crippen molar-refractivity contribution in [1.82, 2.24) is 0 Å². The van der Waals surface area contributed by atoms with Gasteiger partial charge in [0, 0.05) is 57.2 Å². The van der Waals surface area contributed by atoms with Gasteiger partial charge >= 0.3 is 0 Å². The van der Waals surface area contributed by atoms with Gasteiger partial charge in [0.15, 0.2) is 0 Å². The van der Waals surface area contributed by atoms with E-state index in [0.29, 0.717) is 21.8 Å². The maximum absolute atomic E-state index is 14.1. The Bertz CT molecular complexity index is 1800. The normalized spacial score (nSPS) is 23.7. The van der Waals surface area contributed by atoms with Crippen LogP contribution in [-0.4, -0.2) is 46.9 Å². The number of benzene rings is 2. The zero-order valence-corrected chi connectivity index (χ0v) is 26.8. The SMILES string of the molecule is CC(C)N1c2cc3c(cc2C(C)(C)C1C)C1=C(O)C(=c2cc4c(cc2=NC(=O)CC(=O)N3)N(C(C)C)C(C)C4(C)C)C1=O. The molecule has 8 heteroatoms. The molecule has 0 spiro atoms. The van der Waals surface area contributed by atoms with Gasteiger partial charge in [-0.3, -0.25) is 14.4 Å². The van der Waals surface area contributed by atoms with E-state index in [2.05, 4.69) is 89.3 Å². The number of rotatable bonds is 2. The molecular weight excluding hydrogens is 540 g/mol. The minimum Gasteiger partial charge on any atom is -0.506 e. The molecular formula is C35H42N4O4. The molecule has 2 aromatic carbocycles. The molecule has 4 aliphatic heterocycles. The minimum absolute atomic E-state index is 0.140. The van der Waals surface area contributed by atoms with Crippen LogP contribution in [-0.2, 0) is 25.2 Å². The fourth-order valence-corrected chi connectivity index (χ4v) is 7.65. The molecule has 0 saturated carbocycles. The van der Waals surface area contributed by atoms with Gasteiger partial charge in [-0.1, -0.05) is 27.7 Å². The lowest BCUT2D eigenvalue weighted by Gasteiger charge is -2.34. The largest absolute Gasteiger partial charge is 0.506 e. The Morgan fingerprint density at radius 3 is 1.91 bits per heavy atom. The smallest absolute Gasteiger partial charge is 0.255 e. The number of carbonyl (C=O) groups is 3. The Morgan fingerprint density at radius 1 is 0.837 bits per heavy atom. The molecule has 0 aromatic heterocycles. The van der Waals surface area contributed by atoms with Crippen LogP contribution in [0.5, 0.6) is 0 Å². The summed E-state index contributed by atoms with van der Waals surface area (Å²) in [5.41, 5.74) is 4.70. The highest BCUT2D eigenvalue weighted by molar-refractivity contribution is 6.52. The van der Waals surface area contributed by atoms with Gasteiger partial charge in [0.1, 0.15) is 12.2 Å². The van der Waals surface area contributed by atoms with Gasteiger partial charge in [-0.25, -0.2) is 4.99 Å². The Balaban J connectivity index is 1.67. The third-order valence-electron chi connectivity index (χ3n) is 10.5. The van der Waals surface area contributed by atoms with E-state index < -0.39 is 18.2 Å². The van der Waals surface area contributed by atoms with E-state index >= 15 is 0 Å². The first-order valence-corrected chi connectivity index (χ1v) is 15.3. The van der Waals surface area contributed by atoms with E-state index in [-0.39, 0.29) is 57.7 Å². The molecule has 2 amide bonds. The van der Waals surface area contributed by atoms with Crippen molar-refractivity contribution in [3.8, 4) is 0 Å². The number of ketones is 1. The highest BCUT2D eigenvalue weighted by atomic mass is 16.3. The fourth-order valence-electron chi connectivity index (χ4n) is 7.65. The number of aliphatic hydroxyl groups is 1. The number of Topliss-reactive ketones (excluding diaryl/α,β-unsaturated/α-hetero) is 1. The van der Waals surface area contributed by atoms with Crippen molar-refractivity contribution in [3.05, 3.63) is 57.3 Å². The van der Waals surface area contributed by atoms with Crippen LogP contribution in [0.1, 0.15) is 92.3 Å². The lowest BCUT2D eigenvalue weighted by atomic mass is 9.76. The highest BCUT2D eigenvalue weighted by Gasteiger charge is 2.47. The Kier molecular flexibility index (Phi) is 6.29. The average Bonchev–Trinajstić information content (AvgIpc) is 3.20. The van der Waals surface area contributed by atoms with Crippen LogP contribution in [0, 0.1) is 0 Å². The van der Waals surface area contributed by atoms with Crippen molar-refractivity contribution in [3.63, 3.8) is 0 Å². The lowest BCUT2D eigenvalue weighted by Crippen LogP contribution is -2.42. The quantitative estimate of drug-likeness (QED) is 0.500. The number of hydrogen-bond donors (Lipinski definition) is 2. The predicted octanol–water partition coefficient (Wildman–Crippen LogP) is 4.67. The number of carbonyl (C=O) groups excluding carboxylic acids is 3. The van der Waals surface area contributed by atoms with Crippen molar-refractivity contribution in [2.75, 3.05) is 15.1 Å². The Morgan fingerprint density at radius 2 is 1.37 bits per heavy atom. The monoisotopic (exact) mass is 582 g/mol. The molecule has 43 heavy (non-hydrogen) atoms. The maximum Gasteiger partial charge on any atom is 0.255 e. The van der Waals surface area contributed by atoms with E-state index in [1.165, 1.54) is 0 Å². The van der Waals surface area contributed by atoms with E-state index in [4.69, 9.17) is 0 Å². The number of fused-ring (bicyclic) bond motifs is 6. The van der Waals surface area contributed by atoms with E-state index in [1.807, 2.05) is 24.3 Å². The summed E-state index contributed by atoms with van der Waals surface area (Å²) in [6, 6.07) is 8.29.